The molecule has 4 nitrogen and oxygen atoms in total. The largest absolute Gasteiger partial charge is 0.481 e. The summed E-state index contributed by atoms with van der Waals surface area (Å²) in [5.74, 6) is 0.856. The molecule has 5 heteroatoms. The van der Waals surface area contributed by atoms with Crippen LogP contribution in [0, 0.1) is 6.92 Å². The summed E-state index contributed by atoms with van der Waals surface area (Å²) in [6.07, 6.45) is 1.73. The standard InChI is InChI=1S/C17H14BrN3O/c1-9-4-5-11-13(6-9)22-17(2,3)15-14(11)20-12-7-10(18)8-19-16(12)21-15/h4-8H,1-3H3. The molecule has 1 aliphatic rings. The molecule has 3 heterocycles. The van der Waals surface area contributed by atoms with Gasteiger partial charge in [-0.2, -0.15) is 0 Å². The summed E-state index contributed by atoms with van der Waals surface area (Å²) in [5.41, 5.74) is 4.72. The second-order valence-corrected chi connectivity index (χ2v) is 6.94. The van der Waals surface area contributed by atoms with Gasteiger partial charge in [0.05, 0.1) is 0 Å². The van der Waals surface area contributed by atoms with Crippen molar-refractivity contribution in [3.63, 3.8) is 0 Å². The van der Waals surface area contributed by atoms with Crippen LogP contribution in [0.3, 0.4) is 0 Å². The average molecular weight is 356 g/mol. The second-order valence-electron chi connectivity index (χ2n) is 6.03. The normalized spacial score (nSPS) is 15.1. The number of benzene rings is 1. The van der Waals surface area contributed by atoms with E-state index in [2.05, 4.69) is 33.9 Å². The minimum absolute atomic E-state index is 0.536. The first-order valence-electron chi connectivity index (χ1n) is 7.08. The third-order valence-corrected chi connectivity index (χ3v) is 4.25. The Labute approximate surface area is 136 Å². The van der Waals surface area contributed by atoms with E-state index in [9.17, 15) is 0 Å². The van der Waals surface area contributed by atoms with E-state index in [0.29, 0.717) is 5.65 Å². The lowest BCUT2D eigenvalue weighted by molar-refractivity contribution is 0.100. The molecule has 0 saturated carbocycles. The van der Waals surface area contributed by atoms with Crippen molar-refractivity contribution in [2.75, 3.05) is 0 Å². The lowest BCUT2D eigenvalue weighted by atomic mass is 9.93. The number of pyridine rings is 1. The molecule has 0 N–H and O–H groups in total. The highest BCUT2D eigenvalue weighted by molar-refractivity contribution is 9.10. The van der Waals surface area contributed by atoms with Crippen molar-refractivity contribution in [1.82, 2.24) is 15.0 Å². The molecule has 4 rings (SSSR count). The highest BCUT2D eigenvalue weighted by atomic mass is 79.9. The molecule has 0 atom stereocenters. The Kier molecular flexibility index (Phi) is 2.78. The first-order valence-corrected chi connectivity index (χ1v) is 7.87. The summed E-state index contributed by atoms with van der Waals surface area (Å²) in [6.45, 7) is 6.08. The number of fused-ring (bicyclic) bond motifs is 4. The van der Waals surface area contributed by atoms with Crippen LogP contribution in [0.1, 0.15) is 25.1 Å². The molecule has 0 radical (unpaired) electrons. The molecule has 1 aliphatic heterocycles. The lowest BCUT2D eigenvalue weighted by Gasteiger charge is -2.33. The van der Waals surface area contributed by atoms with Crippen LogP contribution in [-0.4, -0.2) is 15.0 Å². The van der Waals surface area contributed by atoms with E-state index in [-0.39, 0.29) is 0 Å². The van der Waals surface area contributed by atoms with Gasteiger partial charge in [0, 0.05) is 16.2 Å². The first kappa shape index (κ1) is 13.6. The van der Waals surface area contributed by atoms with Gasteiger partial charge in [0.2, 0.25) is 0 Å². The Hall–Kier alpha value is -2.01. The van der Waals surface area contributed by atoms with E-state index >= 15 is 0 Å². The van der Waals surface area contributed by atoms with Gasteiger partial charge in [0.15, 0.2) is 5.65 Å². The summed E-state index contributed by atoms with van der Waals surface area (Å²) in [4.78, 5) is 13.9. The number of aryl methyl sites for hydroxylation is 1. The van der Waals surface area contributed by atoms with Gasteiger partial charge in [-0.1, -0.05) is 6.07 Å². The molecule has 0 aliphatic carbocycles. The van der Waals surface area contributed by atoms with Crippen LogP contribution in [0.2, 0.25) is 0 Å². The minimum Gasteiger partial charge on any atom is -0.481 e. The number of hydrogen-bond donors (Lipinski definition) is 0. The zero-order valence-electron chi connectivity index (χ0n) is 12.5. The minimum atomic E-state index is -0.536. The predicted octanol–water partition coefficient (Wildman–Crippen LogP) is 4.39. The molecule has 0 amide bonds. The molecule has 3 aromatic rings. The van der Waals surface area contributed by atoms with Crippen LogP contribution in [0.25, 0.3) is 22.4 Å². The molecular formula is C17H14BrN3O. The summed E-state index contributed by atoms with van der Waals surface area (Å²) in [7, 11) is 0. The van der Waals surface area contributed by atoms with Gasteiger partial charge in [-0.3, -0.25) is 0 Å². The third kappa shape index (κ3) is 2.00. The Morgan fingerprint density at radius 1 is 1.14 bits per heavy atom. The fourth-order valence-electron chi connectivity index (χ4n) is 2.76. The lowest BCUT2D eigenvalue weighted by Crippen LogP contribution is -2.31. The molecule has 0 saturated heterocycles. The number of ether oxygens (including phenoxy) is 1. The van der Waals surface area contributed by atoms with Crippen molar-refractivity contribution < 1.29 is 4.74 Å². The maximum absolute atomic E-state index is 6.16. The zero-order valence-corrected chi connectivity index (χ0v) is 14.1. The van der Waals surface area contributed by atoms with E-state index in [4.69, 9.17) is 14.7 Å². The molecule has 22 heavy (non-hydrogen) atoms. The van der Waals surface area contributed by atoms with Crippen molar-refractivity contribution in [2.45, 2.75) is 26.4 Å². The van der Waals surface area contributed by atoms with Gasteiger partial charge in [-0.15, -0.1) is 0 Å². The van der Waals surface area contributed by atoms with Crippen LogP contribution in [0.15, 0.2) is 34.9 Å². The van der Waals surface area contributed by atoms with Crippen molar-refractivity contribution in [1.29, 1.82) is 0 Å². The molecule has 0 spiro atoms. The van der Waals surface area contributed by atoms with Gasteiger partial charge < -0.3 is 4.74 Å². The Morgan fingerprint density at radius 3 is 2.77 bits per heavy atom. The fourth-order valence-corrected chi connectivity index (χ4v) is 3.08. The first-order chi connectivity index (χ1) is 10.4. The maximum Gasteiger partial charge on any atom is 0.178 e. The van der Waals surface area contributed by atoms with Crippen LogP contribution in [-0.2, 0) is 5.60 Å². The van der Waals surface area contributed by atoms with E-state index in [0.717, 1.165) is 38.3 Å². The van der Waals surface area contributed by atoms with Crippen LogP contribution in [0.4, 0.5) is 0 Å². The van der Waals surface area contributed by atoms with E-state index < -0.39 is 5.60 Å². The van der Waals surface area contributed by atoms with Gasteiger partial charge in [0.1, 0.15) is 28.3 Å². The van der Waals surface area contributed by atoms with E-state index in [1.165, 1.54) is 0 Å². The molecule has 0 fully saturated rings. The number of nitrogens with zero attached hydrogens (tertiary/aromatic N) is 3. The van der Waals surface area contributed by atoms with E-state index in [1.807, 2.05) is 32.0 Å². The third-order valence-electron chi connectivity index (χ3n) is 3.82. The predicted molar refractivity (Wildman–Crippen MR) is 88.9 cm³/mol. The SMILES string of the molecule is Cc1ccc2c(c1)OC(C)(C)c1nc3ncc(Br)cc3nc1-2. The van der Waals surface area contributed by atoms with E-state index in [1.54, 1.807) is 6.20 Å². The summed E-state index contributed by atoms with van der Waals surface area (Å²) < 4.78 is 7.05. The van der Waals surface area contributed by atoms with Gasteiger partial charge in [-0.05, 0) is 60.5 Å². The van der Waals surface area contributed by atoms with Crippen molar-refractivity contribution in [2.24, 2.45) is 0 Å². The van der Waals surface area contributed by atoms with Crippen LogP contribution in [0.5, 0.6) is 5.75 Å². The Balaban J connectivity index is 2.08. The van der Waals surface area contributed by atoms with Gasteiger partial charge in [-0.25, -0.2) is 15.0 Å². The van der Waals surface area contributed by atoms with Crippen molar-refractivity contribution in [3.05, 3.63) is 46.2 Å². The topological polar surface area (TPSA) is 47.9 Å². The Morgan fingerprint density at radius 2 is 1.95 bits per heavy atom. The average Bonchev–Trinajstić information content (AvgIpc) is 2.45. The van der Waals surface area contributed by atoms with Crippen molar-refractivity contribution in [3.8, 4) is 17.0 Å². The fraction of sp³-hybridized carbons (Fsp3) is 0.235. The highest BCUT2D eigenvalue weighted by Crippen LogP contribution is 2.44. The second kappa shape index (κ2) is 4.49. The smallest absolute Gasteiger partial charge is 0.178 e. The van der Waals surface area contributed by atoms with Crippen LogP contribution >= 0.6 is 15.9 Å². The van der Waals surface area contributed by atoms with Crippen molar-refractivity contribution >= 4 is 27.1 Å². The molecule has 0 bridgehead atoms. The molecule has 0 unspecified atom stereocenters. The molecular weight excluding hydrogens is 342 g/mol. The quantitative estimate of drug-likeness (QED) is 0.599. The Bertz CT molecular complexity index is 921. The summed E-state index contributed by atoms with van der Waals surface area (Å²) in [5, 5.41) is 0. The number of aromatic nitrogens is 3. The number of rotatable bonds is 0. The van der Waals surface area contributed by atoms with Gasteiger partial charge >= 0.3 is 0 Å². The molecule has 1 aromatic carbocycles. The van der Waals surface area contributed by atoms with Crippen LogP contribution < -0.4 is 4.74 Å². The number of halogens is 1. The molecule has 110 valence electrons. The maximum atomic E-state index is 6.16. The monoisotopic (exact) mass is 355 g/mol. The summed E-state index contributed by atoms with van der Waals surface area (Å²) in [6, 6.07) is 8.09. The van der Waals surface area contributed by atoms with Gasteiger partial charge in [0.25, 0.3) is 0 Å². The molecule has 2 aromatic heterocycles. The zero-order chi connectivity index (χ0) is 15.5. The highest BCUT2D eigenvalue weighted by Gasteiger charge is 2.35. The number of hydrogen-bond acceptors (Lipinski definition) is 4. The summed E-state index contributed by atoms with van der Waals surface area (Å²) >= 11 is 3.44.